The van der Waals surface area contributed by atoms with E-state index in [0.717, 1.165) is 81.8 Å². The minimum absolute atomic E-state index is 0. The molecule has 5 atom stereocenters. The minimum Gasteiger partial charge on any atom is -0.460 e. The van der Waals surface area contributed by atoms with Crippen molar-refractivity contribution in [2.24, 2.45) is 0 Å². The number of unbranched alkanes of at least 4 members (excludes halogenated alkanes) is 30. The Bertz CT molecular complexity index is 2580. The van der Waals surface area contributed by atoms with Crippen LogP contribution in [0.4, 0.5) is 0 Å². The van der Waals surface area contributed by atoms with Crippen LogP contribution in [0.25, 0.3) is 0 Å². The molecule has 770 valence electrons. The maximum atomic E-state index is 12.1. The number of epoxide rings is 1. The monoisotopic (exact) mass is 1820 g/mol. The lowest BCUT2D eigenvalue weighted by Gasteiger charge is -2.45. The van der Waals surface area contributed by atoms with E-state index in [1.54, 1.807) is 5.57 Å². The van der Waals surface area contributed by atoms with Crippen molar-refractivity contribution in [3.05, 3.63) is 110 Å². The number of aliphatic hydroxyl groups is 1. The summed E-state index contributed by atoms with van der Waals surface area (Å²) in [6.07, 6.45) is 76.8. The van der Waals surface area contributed by atoms with Crippen LogP contribution in [0.5, 0.6) is 0 Å². The molecule has 0 radical (unpaired) electrons. The molecule has 1 rings (SSSR count). The average molecular weight is 1830 g/mol. The van der Waals surface area contributed by atoms with E-state index in [4.69, 9.17) is 18.9 Å². The van der Waals surface area contributed by atoms with E-state index in [1.165, 1.54) is 409 Å². The largest absolute Gasteiger partial charge is 0.460 e. The van der Waals surface area contributed by atoms with Gasteiger partial charge in [-0.15, -0.1) is 0 Å². The summed E-state index contributed by atoms with van der Waals surface area (Å²) in [6, 6.07) is 0.655. The van der Waals surface area contributed by atoms with Crippen molar-refractivity contribution < 1.29 is 60.9 Å². The highest BCUT2D eigenvalue weighted by Gasteiger charge is 2.50. The van der Waals surface area contributed by atoms with E-state index in [9.17, 15) is 19.5 Å². The summed E-state index contributed by atoms with van der Waals surface area (Å²) in [5, 5.41) is 9.45. The number of hydrogen-bond donors (Lipinski definition) is 1. The lowest BCUT2D eigenvalue weighted by Crippen LogP contribution is -2.57. The Morgan fingerprint density at radius 3 is 0.938 bits per heavy atom. The first-order valence-corrected chi connectivity index (χ1v) is 53.7. The molecule has 1 aliphatic rings. The van der Waals surface area contributed by atoms with E-state index in [2.05, 4.69) is 156 Å². The van der Waals surface area contributed by atoms with Gasteiger partial charge in [0.25, 0.3) is 0 Å². The van der Waals surface area contributed by atoms with Crippen molar-refractivity contribution in [3.63, 3.8) is 0 Å². The van der Waals surface area contributed by atoms with Gasteiger partial charge in [-0.3, -0.25) is 0 Å². The zero-order chi connectivity index (χ0) is 92.8. The molecule has 0 amide bonds. The third kappa shape index (κ3) is 72.6. The van der Waals surface area contributed by atoms with Crippen molar-refractivity contribution in [1.82, 2.24) is 0 Å². The molecule has 1 fully saturated rings. The van der Waals surface area contributed by atoms with Gasteiger partial charge in [-0.25, -0.2) is 14.4 Å². The van der Waals surface area contributed by atoms with Crippen molar-refractivity contribution in [2.75, 3.05) is 138 Å². The van der Waals surface area contributed by atoms with Gasteiger partial charge in [-0.1, -0.05) is 250 Å². The fraction of sp³-hybridized carbons (Fsp3) is 0.828. The van der Waals surface area contributed by atoms with Gasteiger partial charge in [0, 0.05) is 50.3 Å². The molecule has 0 saturated carbocycles. The van der Waals surface area contributed by atoms with Crippen LogP contribution in [-0.2, 0) is 33.3 Å². The number of carbonyl (C=O) groups is 3. The molecule has 0 bridgehead atoms. The molecule has 0 spiro atoms. The number of nitrogens with zero attached hydrogens (tertiary/aromatic N) is 5. The van der Waals surface area contributed by atoms with Crippen LogP contribution in [0.15, 0.2) is 72.9 Å². The molecular weight excluding hydrogens is 1590 g/mol. The van der Waals surface area contributed by atoms with Gasteiger partial charge in [0.2, 0.25) is 0 Å². The average Bonchev–Trinajstić information content (AvgIpc) is 1.62. The molecular formula is C116H233N5O8. The molecule has 1 N–H and O–H groups in total. The quantitative estimate of drug-likeness (QED) is 0.00937. The van der Waals surface area contributed by atoms with Crippen molar-refractivity contribution >= 4 is 17.9 Å². The number of aliphatic hydroxyl groups excluding tert-OH is 1. The van der Waals surface area contributed by atoms with Crippen LogP contribution in [0.2, 0.25) is 0 Å². The van der Waals surface area contributed by atoms with Crippen LogP contribution in [-0.4, -0.2) is 213 Å². The normalized spacial score (nSPS) is 14.9. The van der Waals surface area contributed by atoms with E-state index in [-0.39, 0.29) is 72.9 Å². The minimum atomic E-state index is -0.377. The molecule has 0 aromatic rings. The van der Waals surface area contributed by atoms with Crippen LogP contribution >= 0.6 is 0 Å². The number of ether oxygens (including phenoxy) is 4. The van der Waals surface area contributed by atoms with Crippen molar-refractivity contribution in [2.45, 2.75) is 489 Å². The molecule has 1 saturated heterocycles. The SMILES string of the molecule is C=CC(=O)OC(C)CC/C=C(/C)CCC[N+](CC)(CC)CCCCCCCC.C=CC(=O)OCC[N+](CCCCCCCC)(CCC/C(C)=C\CCC(C)[N+](CCCCCCCC)(CCCCCCCC)CCC[N+](CC)(CC)CCCCCCCC)CCOC(=O)C=C.CCCCCCCC[N+](CC)(CC)CCC/C(C)=C\CCC1(C)OC1CCC(C)O.[CH3-].[CH3-].[CH3-].[CH3-].[CH3-]. The molecule has 13 nitrogen and oxygen atoms in total. The van der Waals surface area contributed by atoms with Crippen molar-refractivity contribution in [3.8, 4) is 0 Å². The summed E-state index contributed by atoms with van der Waals surface area (Å²) in [5.41, 5.74) is 4.56. The lowest BCUT2D eigenvalue weighted by molar-refractivity contribution is -0.959. The molecule has 0 aromatic heterocycles. The van der Waals surface area contributed by atoms with Gasteiger partial charge >= 0.3 is 17.9 Å². The summed E-state index contributed by atoms with van der Waals surface area (Å²) >= 11 is 0. The molecule has 0 aromatic carbocycles. The second-order valence-corrected chi connectivity index (χ2v) is 39.4. The van der Waals surface area contributed by atoms with Gasteiger partial charge in [-0.2, -0.15) is 0 Å². The number of carbonyl (C=O) groups excluding carboxylic acids is 3. The highest BCUT2D eigenvalue weighted by Crippen LogP contribution is 2.43. The summed E-state index contributed by atoms with van der Waals surface area (Å²) in [7, 11) is 0. The summed E-state index contributed by atoms with van der Waals surface area (Å²) in [5.74, 6) is -1.08. The van der Waals surface area contributed by atoms with Crippen LogP contribution in [0.3, 0.4) is 0 Å². The number of quaternary nitrogens is 5. The summed E-state index contributed by atoms with van der Waals surface area (Å²) < 4.78 is 28.2. The van der Waals surface area contributed by atoms with E-state index in [0.29, 0.717) is 38.4 Å². The van der Waals surface area contributed by atoms with E-state index in [1.807, 2.05) is 13.8 Å². The van der Waals surface area contributed by atoms with Gasteiger partial charge < -0.3 is 83.6 Å². The maximum Gasteiger partial charge on any atom is 0.330 e. The third-order valence-electron chi connectivity index (χ3n) is 29.3. The van der Waals surface area contributed by atoms with Gasteiger partial charge in [0.15, 0.2) is 0 Å². The Kier molecular flexibility index (Phi) is 97.8. The molecule has 13 heteroatoms. The van der Waals surface area contributed by atoms with Crippen molar-refractivity contribution in [1.29, 1.82) is 0 Å². The van der Waals surface area contributed by atoms with Gasteiger partial charge in [-0.05, 0) is 231 Å². The topological polar surface area (TPSA) is 112 Å². The fourth-order valence-electron chi connectivity index (χ4n) is 19.4. The Hall–Kier alpha value is -3.43. The Labute approximate surface area is 810 Å². The Balaban J connectivity index is -0.000000391. The number of allylic oxidation sites excluding steroid dienone is 6. The Morgan fingerprint density at radius 1 is 0.349 bits per heavy atom. The maximum absolute atomic E-state index is 12.1. The molecule has 1 heterocycles. The first-order valence-electron chi connectivity index (χ1n) is 53.7. The molecule has 0 aliphatic carbocycles. The van der Waals surface area contributed by atoms with Crippen LogP contribution in [0, 0.1) is 37.1 Å². The smallest absolute Gasteiger partial charge is 0.330 e. The number of rotatable bonds is 87. The van der Waals surface area contributed by atoms with E-state index >= 15 is 0 Å². The molecule has 1 aliphatic heterocycles. The fourth-order valence-corrected chi connectivity index (χ4v) is 19.4. The predicted octanol–water partition coefficient (Wildman–Crippen LogP) is 31.8. The zero-order valence-electron chi connectivity index (χ0n) is 91.8. The highest BCUT2D eigenvalue weighted by atomic mass is 16.6. The second-order valence-electron chi connectivity index (χ2n) is 39.4. The standard InChI is InChI=1S/C59H116N3O4.C27H54NO2.C25H48NO2.5CH3/c1-11-19-23-27-31-35-45-60(17-7,18-8)48-41-51-62(49-37-33-29-25-21-13-3,50-38-34-30-26-22-14-4)57(10)44-39-42-56(9)43-40-47-61(52-54-65-58(63)15-5,53-55-66-59(64)16-6)46-36-32-28-24-20-12-2;1-7-10-11-12-13-14-22-28(8-2,9-3)23-16-18-24(4)17-15-21-27(6)26(30-27)20-19-25(5)29;1-7-11-12-13-14-15-21-26(9-3,10-4)22-17-19-23(5)18-16-20-24(6)28-25(27)8-2;;;;;/h15-16,42,57H,5-6,11-14,17-41,43-55H2,1-4,7-10H3;17,25-26,29H,7-16,18-23H2,1-6H3;8,18,24H,2,7,9-17,19-22H2,1,3-6H3;5*1H3/q+3;2*+1;5*-1/b56-42-;24-17-;23-18-;;;;;. The third-order valence-corrected chi connectivity index (χ3v) is 29.3. The zero-order valence-corrected chi connectivity index (χ0v) is 91.8. The van der Waals surface area contributed by atoms with E-state index < -0.39 is 0 Å². The summed E-state index contributed by atoms with van der Waals surface area (Å²) in [6.45, 7) is 78.2. The number of hydrogen-bond acceptors (Lipinski definition) is 8. The predicted molar refractivity (Wildman–Crippen MR) is 573 cm³/mol. The molecule has 129 heavy (non-hydrogen) atoms. The second kappa shape index (κ2) is 91.0. The lowest BCUT2D eigenvalue weighted by atomic mass is 9.96. The van der Waals surface area contributed by atoms with Crippen LogP contribution in [0.1, 0.15) is 459 Å². The van der Waals surface area contributed by atoms with Gasteiger partial charge in [0.1, 0.15) is 26.3 Å². The highest BCUT2D eigenvalue weighted by molar-refractivity contribution is 5.81. The van der Waals surface area contributed by atoms with Gasteiger partial charge in [0.05, 0.1) is 141 Å². The summed E-state index contributed by atoms with van der Waals surface area (Å²) in [4.78, 5) is 35.3. The number of esters is 3. The first-order chi connectivity index (χ1) is 59.7. The Morgan fingerprint density at radius 2 is 0.620 bits per heavy atom. The van der Waals surface area contributed by atoms with Crippen LogP contribution < -0.4 is 0 Å². The molecule has 5 unspecified atom stereocenters. The first kappa shape index (κ1) is 139.